The summed E-state index contributed by atoms with van der Waals surface area (Å²) in [5, 5.41) is 12.7. The summed E-state index contributed by atoms with van der Waals surface area (Å²) in [7, 11) is 2.06. The molecule has 0 saturated carbocycles. The first kappa shape index (κ1) is 26.5. The number of carbonyl (C=O) groups excluding carboxylic acids is 1. The standard InChI is InChI=1S/C25H30F3N5OS/c1-5-20-21(17(3)31-19-6-11-33(4)12-7-19)14-22(32-23(20)16(2)25(26,27)28)29-9-10-30-24(34)18-8-13-35-15-18/h5,8,13-15,19,31H,1-3,6-7,9-12H2,4H3,(H,29,32)(H,30,34). The zero-order valence-corrected chi connectivity index (χ0v) is 20.5. The SMILES string of the molecule is C=Cc1c(C(=C)NC2CCN(C)CC2)cc(NCCNC(=O)c2ccsc2)nc1C(=C)C(F)(F)F. The third-order valence-corrected chi connectivity index (χ3v) is 6.50. The Kier molecular flexibility index (Phi) is 8.74. The number of piperidine rings is 1. The van der Waals surface area contributed by atoms with Crippen molar-refractivity contribution in [1.82, 2.24) is 20.5 Å². The van der Waals surface area contributed by atoms with E-state index in [9.17, 15) is 18.0 Å². The maximum atomic E-state index is 13.6. The molecule has 1 fully saturated rings. The predicted octanol–water partition coefficient (Wildman–Crippen LogP) is 4.86. The Morgan fingerprint density at radius 1 is 1.29 bits per heavy atom. The molecule has 0 unspecified atom stereocenters. The van der Waals surface area contributed by atoms with Gasteiger partial charge in [-0.25, -0.2) is 4.98 Å². The van der Waals surface area contributed by atoms with Crippen molar-refractivity contribution < 1.29 is 18.0 Å². The van der Waals surface area contributed by atoms with Crippen LogP contribution in [0.2, 0.25) is 0 Å². The van der Waals surface area contributed by atoms with Crippen molar-refractivity contribution in [3.05, 3.63) is 65.0 Å². The van der Waals surface area contributed by atoms with E-state index in [0.717, 1.165) is 25.9 Å². The number of likely N-dealkylation sites (tertiary alicyclic amines) is 1. The second-order valence-corrected chi connectivity index (χ2v) is 9.17. The molecule has 2 aromatic rings. The van der Waals surface area contributed by atoms with Gasteiger partial charge in [-0.2, -0.15) is 24.5 Å². The molecule has 1 saturated heterocycles. The molecule has 1 aliphatic heterocycles. The number of hydrogen-bond donors (Lipinski definition) is 3. The van der Waals surface area contributed by atoms with Gasteiger partial charge in [0.2, 0.25) is 0 Å². The minimum atomic E-state index is -4.65. The van der Waals surface area contributed by atoms with Gasteiger partial charge < -0.3 is 20.9 Å². The fraction of sp³-hybridized carbons (Fsp3) is 0.360. The van der Waals surface area contributed by atoms with Crippen LogP contribution in [-0.2, 0) is 0 Å². The number of pyridine rings is 1. The summed E-state index contributed by atoms with van der Waals surface area (Å²) in [6, 6.07) is 3.53. The van der Waals surface area contributed by atoms with Crippen molar-refractivity contribution in [3.8, 4) is 0 Å². The van der Waals surface area contributed by atoms with Gasteiger partial charge in [-0.3, -0.25) is 4.79 Å². The predicted molar refractivity (Wildman–Crippen MR) is 137 cm³/mol. The summed E-state index contributed by atoms with van der Waals surface area (Å²) >= 11 is 1.42. The minimum absolute atomic E-state index is 0.169. The van der Waals surface area contributed by atoms with Crippen LogP contribution in [0.3, 0.4) is 0 Å². The highest BCUT2D eigenvalue weighted by Crippen LogP contribution is 2.36. The molecular weight excluding hydrogens is 475 g/mol. The molecule has 2 aromatic heterocycles. The Hall–Kier alpha value is -3.11. The van der Waals surface area contributed by atoms with Crippen LogP contribution in [0.15, 0.2) is 42.6 Å². The number of allylic oxidation sites excluding steroid dienone is 1. The maximum Gasteiger partial charge on any atom is 0.417 e. The summed E-state index contributed by atoms with van der Waals surface area (Å²) in [5.74, 6) is 0.00709. The van der Waals surface area contributed by atoms with Crippen LogP contribution < -0.4 is 16.0 Å². The Labute approximate surface area is 207 Å². The van der Waals surface area contributed by atoms with E-state index in [1.807, 2.05) is 0 Å². The van der Waals surface area contributed by atoms with Crippen LogP contribution in [-0.4, -0.2) is 61.2 Å². The molecule has 0 spiro atoms. The van der Waals surface area contributed by atoms with E-state index in [1.165, 1.54) is 17.4 Å². The highest BCUT2D eigenvalue weighted by Gasteiger charge is 2.36. The normalized spacial score (nSPS) is 14.9. The van der Waals surface area contributed by atoms with Gasteiger partial charge in [-0.05, 0) is 50.5 Å². The van der Waals surface area contributed by atoms with Gasteiger partial charge >= 0.3 is 6.18 Å². The van der Waals surface area contributed by atoms with Crippen LogP contribution in [0.5, 0.6) is 0 Å². The molecule has 1 aliphatic rings. The van der Waals surface area contributed by atoms with Gasteiger partial charge in [-0.1, -0.05) is 25.8 Å². The van der Waals surface area contributed by atoms with E-state index < -0.39 is 11.7 Å². The Morgan fingerprint density at radius 2 is 2.00 bits per heavy atom. The van der Waals surface area contributed by atoms with Gasteiger partial charge in [0.25, 0.3) is 5.91 Å². The smallest absolute Gasteiger partial charge is 0.382 e. The number of alkyl halides is 3. The fourth-order valence-corrected chi connectivity index (χ4v) is 4.44. The average molecular weight is 506 g/mol. The van der Waals surface area contributed by atoms with E-state index in [2.05, 4.69) is 52.6 Å². The van der Waals surface area contributed by atoms with Crippen molar-refractivity contribution in [3.63, 3.8) is 0 Å². The van der Waals surface area contributed by atoms with Crippen LogP contribution >= 0.6 is 11.3 Å². The monoisotopic (exact) mass is 505 g/mol. The number of hydrogen-bond acceptors (Lipinski definition) is 6. The largest absolute Gasteiger partial charge is 0.417 e. The lowest BCUT2D eigenvalue weighted by molar-refractivity contribution is -0.0689. The fourth-order valence-electron chi connectivity index (χ4n) is 3.81. The van der Waals surface area contributed by atoms with Gasteiger partial charge in [0.15, 0.2) is 0 Å². The number of aromatic nitrogens is 1. The number of carbonyl (C=O) groups is 1. The quantitative estimate of drug-likeness (QED) is 0.403. The average Bonchev–Trinajstić information content (AvgIpc) is 3.36. The molecule has 0 aliphatic carbocycles. The van der Waals surface area contributed by atoms with Gasteiger partial charge in [0, 0.05) is 46.9 Å². The molecule has 10 heteroatoms. The van der Waals surface area contributed by atoms with E-state index in [-0.39, 0.29) is 42.1 Å². The maximum absolute atomic E-state index is 13.6. The van der Waals surface area contributed by atoms with Crippen LogP contribution in [0, 0.1) is 0 Å². The molecule has 6 nitrogen and oxygen atoms in total. The van der Waals surface area contributed by atoms with Crippen molar-refractivity contribution >= 4 is 40.4 Å². The first-order chi connectivity index (χ1) is 16.6. The molecule has 0 atom stereocenters. The van der Waals surface area contributed by atoms with Crippen LogP contribution in [0.25, 0.3) is 17.3 Å². The molecule has 3 heterocycles. The first-order valence-corrected chi connectivity index (χ1v) is 12.2. The lowest BCUT2D eigenvalue weighted by Gasteiger charge is -2.31. The number of rotatable bonds is 10. The lowest BCUT2D eigenvalue weighted by Crippen LogP contribution is -2.40. The molecule has 35 heavy (non-hydrogen) atoms. The minimum Gasteiger partial charge on any atom is -0.382 e. The van der Waals surface area contributed by atoms with Gasteiger partial charge in [0.05, 0.1) is 11.3 Å². The summed E-state index contributed by atoms with van der Waals surface area (Å²) in [5.41, 5.74) is 0.386. The van der Waals surface area contributed by atoms with Crippen molar-refractivity contribution in [2.45, 2.75) is 25.1 Å². The molecule has 188 valence electrons. The highest BCUT2D eigenvalue weighted by atomic mass is 32.1. The molecular formula is C25H30F3N5OS. The number of halogens is 3. The van der Waals surface area contributed by atoms with Crippen LogP contribution in [0.4, 0.5) is 19.0 Å². The zero-order chi connectivity index (χ0) is 25.6. The summed E-state index contributed by atoms with van der Waals surface area (Å²) in [4.78, 5) is 18.5. The molecule has 0 radical (unpaired) electrons. The Bertz CT molecular complexity index is 1070. The van der Waals surface area contributed by atoms with E-state index >= 15 is 0 Å². The third-order valence-electron chi connectivity index (χ3n) is 5.81. The van der Waals surface area contributed by atoms with Crippen molar-refractivity contribution in [2.24, 2.45) is 0 Å². The number of nitrogens with one attached hydrogen (secondary N) is 3. The zero-order valence-electron chi connectivity index (χ0n) is 19.7. The summed E-state index contributed by atoms with van der Waals surface area (Å²) in [6.45, 7) is 13.4. The molecule has 1 amide bonds. The summed E-state index contributed by atoms with van der Waals surface area (Å²) < 4.78 is 40.7. The molecule has 3 rings (SSSR count). The second-order valence-electron chi connectivity index (χ2n) is 8.39. The highest BCUT2D eigenvalue weighted by molar-refractivity contribution is 7.08. The number of amides is 1. The molecule has 3 N–H and O–H groups in total. The van der Waals surface area contributed by atoms with Gasteiger partial charge in [0.1, 0.15) is 5.82 Å². The number of thiophene rings is 1. The topological polar surface area (TPSA) is 69.3 Å². The lowest BCUT2D eigenvalue weighted by atomic mass is 9.98. The van der Waals surface area contributed by atoms with Crippen molar-refractivity contribution in [2.75, 3.05) is 38.5 Å². The third kappa shape index (κ3) is 6.95. The number of anilines is 1. The van der Waals surface area contributed by atoms with E-state index in [0.29, 0.717) is 16.8 Å². The van der Waals surface area contributed by atoms with Crippen molar-refractivity contribution in [1.29, 1.82) is 0 Å². The summed E-state index contributed by atoms with van der Waals surface area (Å²) in [6.07, 6.45) is -1.50. The Morgan fingerprint density at radius 3 is 2.60 bits per heavy atom. The van der Waals surface area contributed by atoms with Gasteiger partial charge in [-0.15, -0.1) is 0 Å². The Balaban J connectivity index is 1.80. The molecule has 0 bridgehead atoms. The van der Waals surface area contributed by atoms with Crippen LogP contribution in [0.1, 0.15) is 40.0 Å². The van der Waals surface area contributed by atoms with E-state index in [1.54, 1.807) is 22.9 Å². The second kappa shape index (κ2) is 11.5. The molecule has 0 aromatic carbocycles. The first-order valence-electron chi connectivity index (χ1n) is 11.2. The number of nitrogens with zero attached hydrogens (tertiary/aromatic N) is 2. The van der Waals surface area contributed by atoms with E-state index in [4.69, 9.17) is 0 Å².